The van der Waals surface area contributed by atoms with Crippen molar-refractivity contribution in [2.24, 2.45) is 10.9 Å². The van der Waals surface area contributed by atoms with Gasteiger partial charge in [-0.25, -0.2) is 9.78 Å². The fourth-order valence-corrected chi connectivity index (χ4v) is 4.29. The zero-order chi connectivity index (χ0) is 30.0. The fraction of sp³-hybridized carbons (Fsp3) is 0.300. The first kappa shape index (κ1) is 30.0. The molecule has 2 aromatic rings. The lowest BCUT2D eigenvalue weighted by atomic mass is 9.84. The highest BCUT2D eigenvalue weighted by atomic mass is 32.3. The van der Waals surface area contributed by atoms with Crippen molar-refractivity contribution in [2.45, 2.75) is 31.5 Å². The predicted molar refractivity (Wildman–Crippen MR) is 136 cm³/mol. The third kappa shape index (κ3) is 6.72. The number of phenolic OH excluding ortho intramolecular Hbond substituents is 1. The SMILES string of the molecule is CC1(C)[C@H](NC(=O)/C(=N\O[C@@H](COc2ccc(C(=N)N)c(O)c2)C(=O)O)c2csc(N)n2)C(=O)N1OS(=O)(=O)O. The maximum Gasteiger partial charge on any atom is 0.418 e. The van der Waals surface area contributed by atoms with Crippen LogP contribution in [-0.2, 0) is 33.9 Å². The van der Waals surface area contributed by atoms with Crippen molar-refractivity contribution in [1.82, 2.24) is 15.4 Å². The number of rotatable bonds is 12. The summed E-state index contributed by atoms with van der Waals surface area (Å²) >= 11 is 0.920. The molecule has 0 bridgehead atoms. The van der Waals surface area contributed by atoms with Crippen LogP contribution in [0.3, 0.4) is 0 Å². The number of phenols is 1. The van der Waals surface area contributed by atoms with E-state index in [4.69, 9.17) is 31.0 Å². The zero-order valence-electron chi connectivity index (χ0n) is 20.6. The Morgan fingerprint density at radius 3 is 2.55 bits per heavy atom. The van der Waals surface area contributed by atoms with E-state index in [0.29, 0.717) is 5.06 Å². The first-order chi connectivity index (χ1) is 18.5. The van der Waals surface area contributed by atoms with Gasteiger partial charge in [0.15, 0.2) is 10.8 Å². The number of carbonyl (C=O) groups is 3. The molecule has 0 spiro atoms. The van der Waals surface area contributed by atoms with Gasteiger partial charge in [0.25, 0.3) is 17.9 Å². The molecular weight excluding hydrogens is 578 g/mol. The van der Waals surface area contributed by atoms with E-state index >= 15 is 0 Å². The Balaban J connectivity index is 1.78. The number of carboxylic acids is 1. The number of aromatic hydroxyl groups is 1. The van der Waals surface area contributed by atoms with Crippen LogP contribution < -0.4 is 21.5 Å². The highest BCUT2D eigenvalue weighted by molar-refractivity contribution is 7.80. The number of β-lactam (4-membered cyclic amide) rings is 1. The van der Waals surface area contributed by atoms with E-state index in [2.05, 4.69) is 19.7 Å². The van der Waals surface area contributed by atoms with E-state index in [-0.39, 0.29) is 27.9 Å². The standard InChI is InChI=1S/C20H23N7O11S2/c1-20(2)14(17(30)27(20)38-40(33,34)35)25-16(29)13(10-7-39-19(23)24-10)26-37-12(18(31)32)6-36-8-3-4-9(15(21)22)11(28)5-8/h3-5,7,12,14,28H,6H2,1-2H3,(H3,21,22)(H2,23,24)(H,25,29)(H,31,32)(H,33,34,35)/b26-13-/t12-,14+/m0/s1. The van der Waals surface area contributed by atoms with Gasteiger partial charge in [-0.15, -0.1) is 15.6 Å². The van der Waals surface area contributed by atoms with Crippen LogP contribution in [0.4, 0.5) is 5.13 Å². The van der Waals surface area contributed by atoms with Crippen LogP contribution in [0.25, 0.3) is 0 Å². The molecule has 216 valence electrons. The number of aliphatic carboxylic acids is 1. The van der Waals surface area contributed by atoms with Crippen molar-refractivity contribution in [3.8, 4) is 11.5 Å². The molecule has 1 saturated heterocycles. The van der Waals surface area contributed by atoms with E-state index in [1.807, 2.05) is 0 Å². The number of nitrogen functional groups attached to an aromatic ring is 2. The van der Waals surface area contributed by atoms with E-state index < -0.39 is 64.0 Å². The van der Waals surface area contributed by atoms with E-state index in [1.165, 1.54) is 31.4 Å². The number of amides is 2. The van der Waals surface area contributed by atoms with Crippen LogP contribution >= 0.6 is 11.3 Å². The van der Waals surface area contributed by atoms with Gasteiger partial charge in [0, 0.05) is 11.4 Å². The predicted octanol–water partition coefficient (Wildman–Crippen LogP) is -1.19. The second kappa shape index (κ2) is 11.3. The minimum Gasteiger partial charge on any atom is -0.507 e. The van der Waals surface area contributed by atoms with Crippen LogP contribution in [0, 0.1) is 5.41 Å². The van der Waals surface area contributed by atoms with E-state index in [0.717, 1.165) is 17.4 Å². The van der Waals surface area contributed by atoms with Crippen LogP contribution in [0.5, 0.6) is 11.5 Å². The van der Waals surface area contributed by atoms with Gasteiger partial charge in [0.1, 0.15) is 35.7 Å². The summed E-state index contributed by atoms with van der Waals surface area (Å²) in [7, 11) is -5.03. The van der Waals surface area contributed by atoms with Crippen molar-refractivity contribution in [1.29, 1.82) is 5.41 Å². The molecule has 1 aromatic carbocycles. The number of nitrogens with zero attached hydrogens (tertiary/aromatic N) is 3. The number of amidine groups is 1. The number of thiazole rings is 1. The average molecular weight is 602 g/mol. The van der Waals surface area contributed by atoms with Gasteiger partial charge in [-0.1, -0.05) is 5.16 Å². The minimum absolute atomic E-state index is 0.00830. The molecule has 1 aliphatic rings. The topological polar surface area (TPSA) is 290 Å². The lowest BCUT2D eigenvalue weighted by Crippen LogP contribution is -2.76. The summed E-state index contributed by atoms with van der Waals surface area (Å²) in [5.74, 6) is -4.41. The number of anilines is 1. The molecule has 40 heavy (non-hydrogen) atoms. The van der Waals surface area contributed by atoms with E-state index in [9.17, 15) is 33.0 Å². The summed E-state index contributed by atoms with van der Waals surface area (Å²) in [6.07, 6.45) is -1.78. The monoisotopic (exact) mass is 601 g/mol. The molecule has 18 nitrogen and oxygen atoms in total. The Kier molecular flexibility index (Phi) is 8.48. The number of nitrogens with two attached hydrogens (primary N) is 2. The molecule has 0 aliphatic carbocycles. The summed E-state index contributed by atoms with van der Waals surface area (Å²) in [6, 6.07) is 2.35. The van der Waals surface area contributed by atoms with Gasteiger partial charge in [-0.2, -0.15) is 13.5 Å². The summed E-state index contributed by atoms with van der Waals surface area (Å²) in [6.45, 7) is 2.01. The molecule has 2 atom stereocenters. The lowest BCUT2D eigenvalue weighted by molar-refractivity contribution is -0.218. The molecule has 1 aromatic heterocycles. The van der Waals surface area contributed by atoms with Crippen molar-refractivity contribution in [2.75, 3.05) is 12.3 Å². The number of carbonyl (C=O) groups excluding carboxylic acids is 2. The van der Waals surface area contributed by atoms with Gasteiger partial charge in [-0.3, -0.25) is 19.6 Å². The zero-order valence-corrected chi connectivity index (χ0v) is 22.2. The largest absolute Gasteiger partial charge is 0.507 e. The number of hydroxylamine groups is 2. The maximum absolute atomic E-state index is 13.1. The van der Waals surface area contributed by atoms with Crippen molar-refractivity contribution < 1.29 is 51.4 Å². The lowest BCUT2D eigenvalue weighted by Gasteiger charge is -2.50. The molecule has 1 aliphatic heterocycles. The fourth-order valence-electron chi connectivity index (χ4n) is 3.28. The average Bonchev–Trinajstić information content (AvgIpc) is 3.27. The van der Waals surface area contributed by atoms with Gasteiger partial charge >= 0.3 is 16.4 Å². The quantitative estimate of drug-likeness (QED) is 0.0495. The summed E-state index contributed by atoms with van der Waals surface area (Å²) in [4.78, 5) is 46.1. The Hall–Kier alpha value is -4.53. The first-order valence-corrected chi connectivity index (χ1v) is 13.1. The summed E-state index contributed by atoms with van der Waals surface area (Å²) in [5, 5.41) is 34.4. The Morgan fingerprint density at radius 1 is 1.38 bits per heavy atom. The van der Waals surface area contributed by atoms with Crippen molar-refractivity contribution in [3.63, 3.8) is 0 Å². The maximum atomic E-state index is 13.1. The molecule has 2 heterocycles. The number of carboxylic acid groups (broad SMARTS) is 1. The summed E-state index contributed by atoms with van der Waals surface area (Å²) in [5.41, 5.74) is 8.81. The molecule has 0 unspecified atom stereocenters. The van der Waals surface area contributed by atoms with Crippen LogP contribution in [0.2, 0.25) is 0 Å². The van der Waals surface area contributed by atoms with Crippen molar-refractivity contribution in [3.05, 3.63) is 34.8 Å². The molecule has 1 fully saturated rings. The number of hydrogen-bond acceptors (Lipinski definition) is 14. The van der Waals surface area contributed by atoms with Crippen molar-refractivity contribution >= 4 is 56.2 Å². The van der Waals surface area contributed by atoms with Gasteiger partial charge in [0.05, 0.1) is 11.1 Å². The van der Waals surface area contributed by atoms with Crippen LogP contribution in [0.1, 0.15) is 25.1 Å². The normalized spacial score (nSPS) is 17.5. The molecule has 3 rings (SSSR count). The van der Waals surface area contributed by atoms with Crippen LogP contribution in [-0.4, -0.2) is 86.9 Å². The minimum atomic E-state index is -5.03. The number of hydrogen-bond donors (Lipinski definition) is 7. The number of ether oxygens (including phenoxy) is 1. The third-order valence-corrected chi connectivity index (χ3v) is 6.32. The number of aromatic nitrogens is 1. The summed E-state index contributed by atoms with van der Waals surface area (Å²) < 4.78 is 40.4. The molecule has 0 radical (unpaired) electrons. The smallest absolute Gasteiger partial charge is 0.418 e. The molecule has 20 heteroatoms. The first-order valence-electron chi connectivity index (χ1n) is 10.8. The Morgan fingerprint density at radius 2 is 2.05 bits per heavy atom. The second-order valence-corrected chi connectivity index (χ2v) is 10.4. The Labute approximate surface area is 229 Å². The molecule has 9 N–H and O–H groups in total. The highest BCUT2D eigenvalue weighted by Gasteiger charge is 2.58. The second-order valence-electron chi connectivity index (χ2n) is 8.54. The number of benzene rings is 1. The van der Waals surface area contributed by atoms with Crippen LogP contribution in [0.15, 0.2) is 28.7 Å². The Bertz CT molecular complexity index is 1490. The van der Waals surface area contributed by atoms with Gasteiger partial charge in [0.2, 0.25) is 0 Å². The molecule has 2 amide bonds. The molecular formula is C20H23N7O11S2. The van der Waals surface area contributed by atoms with E-state index in [1.54, 1.807) is 0 Å². The number of oxime groups is 1. The van der Waals surface area contributed by atoms with Gasteiger partial charge in [-0.05, 0) is 26.0 Å². The number of nitrogens with one attached hydrogen (secondary N) is 2. The van der Waals surface area contributed by atoms with Gasteiger partial charge < -0.3 is 36.6 Å². The highest BCUT2D eigenvalue weighted by Crippen LogP contribution is 2.33. The molecule has 0 saturated carbocycles. The third-order valence-electron chi connectivity index (χ3n) is 5.31.